The van der Waals surface area contributed by atoms with Gasteiger partial charge in [-0.1, -0.05) is 12.1 Å². The predicted octanol–water partition coefficient (Wildman–Crippen LogP) is 1.72. The molecule has 1 N–H and O–H groups in total. The average molecular weight is 362 g/mol. The molecule has 9 heteroatoms. The summed E-state index contributed by atoms with van der Waals surface area (Å²) in [5, 5.41) is 13.7. The van der Waals surface area contributed by atoms with Crippen molar-refractivity contribution < 1.29 is 9.21 Å². The van der Waals surface area contributed by atoms with Crippen molar-refractivity contribution in [1.29, 1.82) is 0 Å². The van der Waals surface area contributed by atoms with E-state index in [-0.39, 0.29) is 17.9 Å². The molecule has 0 aliphatic carbocycles. The molecule has 0 fully saturated rings. The molecule has 1 aromatic carbocycles. The van der Waals surface area contributed by atoms with Gasteiger partial charge in [-0.15, -0.1) is 5.10 Å². The summed E-state index contributed by atoms with van der Waals surface area (Å²) in [4.78, 5) is 24.2. The number of aromatic nitrogens is 5. The van der Waals surface area contributed by atoms with Gasteiger partial charge in [-0.2, -0.15) is 0 Å². The number of furan rings is 1. The standard InChI is InChI=1S/C18H14N6O3/c25-17-6-1-2-9-23(17)11-15-7-8-16(27-15)18(26)20-13-4-3-5-14(10-13)24-12-19-21-22-24/h1-10,12H,11H2,(H,20,26). The first-order valence-electron chi connectivity index (χ1n) is 8.08. The zero-order valence-electron chi connectivity index (χ0n) is 14.0. The number of rotatable bonds is 5. The minimum Gasteiger partial charge on any atom is -0.454 e. The van der Waals surface area contributed by atoms with Gasteiger partial charge in [0.05, 0.1) is 12.2 Å². The number of pyridine rings is 1. The zero-order chi connectivity index (χ0) is 18.6. The third-order valence-electron chi connectivity index (χ3n) is 3.83. The molecule has 0 bridgehead atoms. The Bertz CT molecular complexity index is 1130. The van der Waals surface area contributed by atoms with Gasteiger partial charge in [0.15, 0.2) is 5.76 Å². The highest BCUT2D eigenvalue weighted by Gasteiger charge is 2.12. The van der Waals surface area contributed by atoms with E-state index in [1.54, 1.807) is 48.7 Å². The smallest absolute Gasteiger partial charge is 0.291 e. The van der Waals surface area contributed by atoms with Gasteiger partial charge in [-0.05, 0) is 46.8 Å². The van der Waals surface area contributed by atoms with Crippen molar-refractivity contribution in [1.82, 2.24) is 24.8 Å². The highest BCUT2D eigenvalue weighted by Crippen LogP contribution is 2.16. The van der Waals surface area contributed by atoms with Gasteiger partial charge in [0, 0.05) is 18.0 Å². The van der Waals surface area contributed by atoms with Crippen LogP contribution in [0.3, 0.4) is 0 Å². The first-order valence-corrected chi connectivity index (χ1v) is 8.08. The molecule has 4 rings (SSSR count). The topological polar surface area (TPSA) is 108 Å². The fourth-order valence-electron chi connectivity index (χ4n) is 2.54. The third kappa shape index (κ3) is 3.66. The highest BCUT2D eigenvalue weighted by molar-refractivity contribution is 6.02. The molecule has 0 saturated heterocycles. The van der Waals surface area contributed by atoms with Crippen LogP contribution in [0.5, 0.6) is 0 Å². The number of carbonyl (C=O) groups excluding carboxylic acids is 1. The first-order chi connectivity index (χ1) is 13.2. The molecule has 0 aliphatic rings. The fraction of sp³-hybridized carbons (Fsp3) is 0.0556. The molecule has 0 radical (unpaired) electrons. The average Bonchev–Trinajstić information content (AvgIpc) is 3.36. The Morgan fingerprint density at radius 1 is 1.11 bits per heavy atom. The van der Waals surface area contributed by atoms with Crippen LogP contribution in [0.2, 0.25) is 0 Å². The van der Waals surface area contributed by atoms with Crippen molar-refractivity contribution in [2.45, 2.75) is 6.54 Å². The summed E-state index contributed by atoms with van der Waals surface area (Å²) < 4.78 is 8.55. The molecule has 27 heavy (non-hydrogen) atoms. The number of tetrazole rings is 1. The first kappa shape index (κ1) is 16.5. The summed E-state index contributed by atoms with van der Waals surface area (Å²) in [7, 11) is 0. The summed E-state index contributed by atoms with van der Waals surface area (Å²) in [6, 6.07) is 15.2. The minimum absolute atomic E-state index is 0.140. The second kappa shape index (κ2) is 7.08. The van der Waals surface area contributed by atoms with Crippen LogP contribution in [0.25, 0.3) is 5.69 Å². The number of amides is 1. The van der Waals surface area contributed by atoms with Gasteiger partial charge in [0.25, 0.3) is 11.5 Å². The Balaban J connectivity index is 1.48. The van der Waals surface area contributed by atoms with Crippen LogP contribution in [0, 0.1) is 0 Å². The van der Waals surface area contributed by atoms with Crippen molar-refractivity contribution in [2.24, 2.45) is 0 Å². The molecule has 3 aromatic heterocycles. The van der Waals surface area contributed by atoms with E-state index in [0.717, 1.165) is 0 Å². The second-order valence-corrected chi connectivity index (χ2v) is 5.69. The van der Waals surface area contributed by atoms with Crippen molar-refractivity contribution in [3.05, 3.63) is 89.0 Å². The molecule has 0 unspecified atom stereocenters. The number of nitrogens with zero attached hydrogens (tertiary/aromatic N) is 5. The minimum atomic E-state index is -0.393. The monoisotopic (exact) mass is 362 g/mol. The molecule has 0 atom stereocenters. The molecule has 0 spiro atoms. The SMILES string of the molecule is O=C(Nc1cccc(-n2cnnn2)c1)c1ccc(Cn2ccccc2=O)o1. The maximum absolute atomic E-state index is 12.4. The summed E-state index contributed by atoms with van der Waals surface area (Å²) in [6.07, 6.45) is 3.13. The maximum atomic E-state index is 12.4. The van der Waals surface area contributed by atoms with Crippen LogP contribution in [0.1, 0.15) is 16.3 Å². The van der Waals surface area contributed by atoms with E-state index >= 15 is 0 Å². The van der Waals surface area contributed by atoms with Gasteiger partial charge in [0.1, 0.15) is 12.1 Å². The molecule has 4 aromatic rings. The summed E-state index contributed by atoms with van der Waals surface area (Å²) >= 11 is 0. The predicted molar refractivity (Wildman–Crippen MR) is 95.6 cm³/mol. The van der Waals surface area contributed by atoms with Crippen molar-refractivity contribution in [3.8, 4) is 5.69 Å². The largest absolute Gasteiger partial charge is 0.454 e. The summed E-state index contributed by atoms with van der Waals surface area (Å²) in [5.41, 5.74) is 1.14. The van der Waals surface area contributed by atoms with E-state index in [1.807, 2.05) is 6.07 Å². The van der Waals surface area contributed by atoms with E-state index < -0.39 is 5.91 Å². The fourth-order valence-corrected chi connectivity index (χ4v) is 2.54. The van der Waals surface area contributed by atoms with Crippen LogP contribution in [0.15, 0.2) is 76.3 Å². The van der Waals surface area contributed by atoms with Crippen LogP contribution in [-0.4, -0.2) is 30.7 Å². The normalized spacial score (nSPS) is 10.7. The van der Waals surface area contributed by atoms with E-state index in [2.05, 4.69) is 20.8 Å². The van der Waals surface area contributed by atoms with Gasteiger partial charge >= 0.3 is 0 Å². The van der Waals surface area contributed by atoms with Crippen molar-refractivity contribution >= 4 is 11.6 Å². The highest BCUT2D eigenvalue weighted by atomic mass is 16.4. The van der Waals surface area contributed by atoms with Gasteiger partial charge in [-0.25, -0.2) is 4.68 Å². The lowest BCUT2D eigenvalue weighted by Gasteiger charge is -2.06. The molecule has 134 valence electrons. The Morgan fingerprint density at radius 3 is 2.85 bits per heavy atom. The zero-order valence-corrected chi connectivity index (χ0v) is 14.0. The van der Waals surface area contributed by atoms with Crippen molar-refractivity contribution in [2.75, 3.05) is 5.32 Å². The maximum Gasteiger partial charge on any atom is 0.291 e. The Kier molecular flexibility index (Phi) is 4.32. The molecule has 0 aliphatic heterocycles. The van der Waals surface area contributed by atoms with Crippen LogP contribution < -0.4 is 10.9 Å². The summed E-state index contributed by atoms with van der Waals surface area (Å²) in [6.45, 7) is 0.252. The number of benzene rings is 1. The van der Waals surface area contributed by atoms with Crippen LogP contribution >= 0.6 is 0 Å². The van der Waals surface area contributed by atoms with E-state index in [0.29, 0.717) is 17.1 Å². The number of nitrogens with one attached hydrogen (secondary N) is 1. The Morgan fingerprint density at radius 2 is 2.04 bits per heavy atom. The molecule has 9 nitrogen and oxygen atoms in total. The number of hydrogen-bond acceptors (Lipinski definition) is 6. The lowest BCUT2D eigenvalue weighted by atomic mass is 10.2. The molecular formula is C18H14N6O3. The second-order valence-electron chi connectivity index (χ2n) is 5.69. The van der Waals surface area contributed by atoms with E-state index in [4.69, 9.17) is 4.42 Å². The summed E-state index contributed by atoms with van der Waals surface area (Å²) in [5.74, 6) is 0.272. The quantitative estimate of drug-likeness (QED) is 0.579. The molecule has 3 heterocycles. The van der Waals surface area contributed by atoms with Gasteiger partial charge < -0.3 is 14.3 Å². The number of anilines is 1. The molecule has 1 amide bonds. The van der Waals surface area contributed by atoms with Gasteiger partial charge in [-0.3, -0.25) is 9.59 Å². The van der Waals surface area contributed by atoms with E-state index in [1.165, 1.54) is 21.6 Å². The Hall–Kier alpha value is -4.01. The lowest BCUT2D eigenvalue weighted by Crippen LogP contribution is -2.18. The number of carbonyl (C=O) groups is 1. The Labute approximate surface area is 152 Å². The van der Waals surface area contributed by atoms with Crippen LogP contribution in [0.4, 0.5) is 5.69 Å². The molecule has 0 saturated carbocycles. The van der Waals surface area contributed by atoms with Crippen LogP contribution in [-0.2, 0) is 6.54 Å². The van der Waals surface area contributed by atoms with Gasteiger partial charge in [0.2, 0.25) is 0 Å². The lowest BCUT2D eigenvalue weighted by molar-refractivity contribution is 0.0995. The number of hydrogen-bond donors (Lipinski definition) is 1. The van der Waals surface area contributed by atoms with E-state index in [9.17, 15) is 9.59 Å². The van der Waals surface area contributed by atoms with Crippen molar-refractivity contribution in [3.63, 3.8) is 0 Å². The molecular weight excluding hydrogens is 348 g/mol. The third-order valence-corrected chi connectivity index (χ3v) is 3.83.